The smallest absolute Gasteiger partial charge is 0.307 e. The number of nitro benzene ring substituents is 2. The molecule has 364 valence electrons. The number of anilines is 5. The molecule has 0 aliphatic heterocycles. The van der Waals surface area contributed by atoms with Crippen LogP contribution in [0.25, 0.3) is 44.3 Å². The molecule has 0 amide bonds. The fourth-order valence-electron chi connectivity index (χ4n) is 7.85. The molecule has 0 aliphatic rings. The zero-order valence-electron chi connectivity index (χ0n) is 40.6. The maximum Gasteiger partial charge on any atom is 0.307 e. The number of fused-ring (bicyclic) bond motifs is 2. The van der Waals surface area contributed by atoms with Crippen molar-refractivity contribution in [2.24, 2.45) is 14.1 Å². The van der Waals surface area contributed by atoms with Gasteiger partial charge in [-0.2, -0.15) is 4.39 Å². The Bertz CT molecular complexity index is 3270. The van der Waals surface area contributed by atoms with Gasteiger partial charge in [0.2, 0.25) is 17.7 Å². The van der Waals surface area contributed by atoms with Crippen molar-refractivity contribution in [1.82, 2.24) is 34.0 Å². The van der Waals surface area contributed by atoms with E-state index in [1.54, 1.807) is 32.7 Å². The molecule has 0 bridgehead atoms. The Kier molecular flexibility index (Phi) is 14.6. The van der Waals surface area contributed by atoms with Crippen molar-refractivity contribution in [1.29, 1.82) is 0 Å². The number of methoxy groups -OCH3 is 4. The van der Waals surface area contributed by atoms with Crippen LogP contribution in [0.1, 0.15) is 11.1 Å². The number of likely N-dealkylation sites (N-methyl/N-ethyl adjacent to an activating group) is 2. The van der Waals surface area contributed by atoms with Crippen LogP contribution in [-0.4, -0.2) is 106 Å². The lowest BCUT2D eigenvalue weighted by atomic mass is 10.1. The van der Waals surface area contributed by atoms with Crippen molar-refractivity contribution >= 4 is 62.1 Å². The highest BCUT2D eigenvalue weighted by molar-refractivity contribution is 5.97. The van der Waals surface area contributed by atoms with Gasteiger partial charge in [-0.05, 0) is 63.3 Å². The van der Waals surface area contributed by atoms with Gasteiger partial charge in [-0.15, -0.1) is 0 Å². The summed E-state index contributed by atoms with van der Waals surface area (Å²) in [6.07, 6.45) is 7.37. The second-order valence-electron chi connectivity index (χ2n) is 16.6. The lowest BCUT2D eigenvalue weighted by Crippen LogP contribution is -2.28. The number of nitrogens with zero attached hydrogens (tertiary/aromatic N) is 10. The van der Waals surface area contributed by atoms with Crippen molar-refractivity contribution in [3.8, 4) is 45.5 Å². The van der Waals surface area contributed by atoms with Gasteiger partial charge in [0.15, 0.2) is 0 Å². The fraction of sp³-hybridized carbons (Fsp3) is 0.265. The summed E-state index contributed by atoms with van der Waals surface area (Å²) < 4.78 is 39.4. The fourth-order valence-corrected chi connectivity index (χ4v) is 7.85. The van der Waals surface area contributed by atoms with E-state index in [2.05, 4.69) is 25.6 Å². The molecule has 4 aromatic heterocycles. The van der Waals surface area contributed by atoms with E-state index in [-0.39, 0.29) is 23.1 Å². The number of rotatable bonds is 16. The van der Waals surface area contributed by atoms with Gasteiger partial charge in [-0.1, -0.05) is 0 Å². The van der Waals surface area contributed by atoms with E-state index in [1.807, 2.05) is 117 Å². The summed E-state index contributed by atoms with van der Waals surface area (Å²) in [4.78, 5) is 43.9. The van der Waals surface area contributed by atoms with Gasteiger partial charge >= 0.3 is 5.69 Å². The van der Waals surface area contributed by atoms with E-state index in [1.165, 1.54) is 20.3 Å². The minimum atomic E-state index is -0.992. The number of aryl methyl sites for hydroxylation is 4. The van der Waals surface area contributed by atoms with E-state index in [0.717, 1.165) is 79.9 Å². The number of ether oxygens (including phenoxy) is 4. The summed E-state index contributed by atoms with van der Waals surface area (Å²) in [7, 11) is 15.8. The number of hydrogen-bond donors (Lipinski definition) is 2. The topological polar surface area (TPSA) is 215 Å². The average molecular weight is 957 g/mol. The molecule has 21 heteroatoms. The Morgan fingerprint density at radius 2 is 1.10 bits per heavy atom. The first-order valence-electron chi connectivity index (χ1n) is 21.7. The monoisotopic (exact) mass is 956 g/mol. The Morgan fingerprint density at radius 3 is 1.53 bits per heavy atom. The van der Waals surface area contributed by atoms with Crippen molar-refractivity contribution in [2.75, 3.05) is 78.2 Å². The molecular weight excluding hydrogens is 904 g/mol. The quantitative estimate of drug-likeness (QED) is 0.0681. The predicted molar refractivity (Wildman–Crippen MR) is 268 cm³/mol. The standard InChI is InChI=1S/C27H33N7O4.C22H20FN5O4/c1-17-15-28-27(30-26(17)20-16-33(5)22-12-18(37-6)8-9-19(20)22)29-21-13-24(34(35)36)23(14-25(21)38-7)32(4)11-10-31(2)3;1-12-10-24-22(25-17-9-19(28(29)30)16(23)8-20(17)32-4)26-21(12)15-11-27(2)18-7-13(31-3)5-6-14(15)18/h8-9,12-16H,10-11H2,1-7H3,(H,28,29,30);5-11H,1-4H3,(H,24,25,26). The maximum atomic E-state index is 14.0. The van der Waals surface area contributed by atoms with Gasteiger partial charge < -0.3 is 48.5 Å². The minimum absolute atomic E-state index is 0.0371. The first-order valence-corrected chi connectivity index (χ1v) is 21.7. The highest BCUT2D eigenvalue weighted by Gasteiger charge is 2.24. The molecule has 20 nitrogen and oxygen atoms in total. The molecule has 0 atom stereocenters. The zero-order chi connectivity index (χ0) is 50.6. The van der Waals surface area contributed by atoms with Crippen molar-refractivity contribution in [3.63, 3.8) is 0 Å². The van der Waals surface area contributed by atoms with Gasteiger partial charge in [0.1, 0.15) is 28.7 Å². The van der Waals surface area contributed by atoms with Crippen LogP contribution in [0, 0.1) is 39.9 Å². The molecule has 0 unspecified atom stereocenters. The zero-order valence-corrected chi connectivity index (χ0v) is 40.6. The third-order valence-corrected chi connectivity index (χ3v) is 11.6. The Labute approximate surface area is 402 Å². The molecule has 2 N–H and O–H groups in total. The van der Waals surface area contributed by atoms with Gasteiger partial charge in [-0.3, -0.25) is 20.2 Å². The number of aromatic nitrogens is 6. The third-order valence-electron chi connectivity index (χ3n) is 11.6. The molecular formula is C49H53FN12O8. The number of benzene rings is 4. The van der Waals surface area contributed by atoms with Gasteiger partial charge in [0.05, 0.1) is 72.1 Å². The molecule has 8 rings (SSSR count). The van der Waals surface area contributed by atoms with Gasteiger partial charge in [-0.25, -0.2) is 19.9 Å². The van der Waals surface area contributed by atoms with Crippen molar-refractivity contribution < 1.29 is 33.2 Å². The van der Waals surface area contributed by atoms with Crippen LogP contribution < -0.4 is 34.5 Å². The van der Waals surface area contributed by atoms with Crippen LogP contribution in [0.4, 0.5) is 44.7 Å². The summed E-state index contributed by atoms with van der Waals surface area (Å²) >= 11 is 0. The second-order valence-corrected chi connectivity index (χ2v) is 16.6. The van der Waals surface area contributed by atoms with Crippen LogP contribution >= 0.6 is 0 Å². The lowest BCUT2D eigenvalue weighted by molar-refractivity contribution is -0.387. The summed E-state index contributed by atoms with van der Waals surface area (Å²) in [6.45, 7) is 5.21. The largest absolute Gasteiger partial charge is 0.497 e. The highest BCUT2D eigenvalue weighted by atomic mass is 19.1. The first-order chi connectivity index (χ1) is 33.4. The van der Waals surface area contributed by atoms with E-state index in [0.29, 0.717) is 35.3 Å². The minimum Gasteiger partial charge on any atom is -0.497 e. The summed E-state index contributed by atoms with van der Waals surface area (Å²) in [5.74, 6) is 1.57. The van der Waals surface area contributed by atoms with Crippen LogP contribution in [0.15, 0.2) is 85.5 Å². The van der Waals surface area contributed by atoms with Gasteiger partial charge in [0.25, 0.3) is 5.69 Å². The summed E-state index contributed by atoms with van der Waals surface area (Å²) in [5, 5.41) is 31.2. The average Bonchev–Trinajstić information content (AvgIpc) is 3.86. The van der Waals surface area contributed by atoms with E-state index < -0.39 is 21.4 Å². The lowest BCUT2D eigenvalue weighted by Gasteiger charge is -2.22. The molecule has 0 radical (unpaired) electrons. The van der Waals surface area contributed by atoms with Crippen molar-refractivity contribution in [2.45, 2.75) is 13.8 Å². The molecule has 8 aromatic rings. The normalized spacial score (nSPS) is 11.0. The number of nitro groups is 2. The molecule has 0 aliphatic carbocycles. The van der Waals surface area contributed by atoms with Crippen molar-refractivity contribution in [3.05, 3.63) is 123 Å². The molecule has 0 fully saturated rings. The van der Waals surface area contributed by atoms with E-state index in [9.17, 15) is 24.6 Å². The molecule has 0 spiro atoms. The Morgan fingerprint density at radius 1 is 0.643 bits per heavy atom. The highest BCUT2D eigenvalue weighted by Crippen LogP contribution is 2.41. The van der Waals surface area contributed by atoms with E-state index >= 15 is 0 Å². The number of nitrogens with one attached hydrogen (secondary N) is 2. The predicted octanol–water partition coefficient (Wildman–Crippen LogP) is 9.36. The Balaban J connectivity index is 0.000000209. The van der Waals surface area contributed by atoms with Gasteiger partial charge in [0, 0.05) is 117 Å². The molecule has 4 heterocycles. The summed E-state index contributed by atoms with van der Waals surface area (Å²) in [6, 6.07) is 16.8. The van der Waals surface area contributed by atoms with Crippen LogP contribution in [0.3, 0.4) is 0 Å². The number of halogens is 1. The third kappa shape index (κ3) is 10.3. The van der Waals surface area contributed by atoms with Crippen LogP contribution in [-0.2, 0) is 14.1 Å². The number of hydrogen-bond acceptors (Lipinski definition) is 16. The summed E-state index contributed by atoms with van der Waals surface area (Å²) in [5.41, 5.74) is 7.35. The second kappa shape index (κ2) is 20.7. The molecule has 4 aromatic carbocycles. The SMILES string of the molecule is COc1ccc2c(-c3nc(Nc4cc([N+](=O)[O-])c(F)cc4OC)ncc3C)cn(C)c2c1.COc1ccc2c(-c3nc(Nc4cc([N+](=O)[O-])c(N(C)CCN(C)C)cc4OC)ncc3C)cn(C)c2c1. The van der Waals surface area contributed by atoms with Crippen LogP contribution in [0.2, 0.25) is 0 Å². The first kappa shape index (κ1) is 49.3. The molecule has 70 heavy (non-hydrogen) atoms. The van der Waals surface area contributed by atoms with E-state index in [4.69, 9.17) is 23.9 Å². The molecule has 0 saturated carbocycles. The van der Waals surface area contributed by atoms with Crippen LogP contribution in [0.5, 0.6) is 23.0 Å². The maximum absolute atomic E-state index is 14.0. The molecule has 0 saturated heterocycles. The Hall–Kier alpha value is -8.59.